The lowest BCUT2D eigenvalue weighted by Gasteiger charge is -2.26. The summed E-state index contributed by atoms with van der Waals surface area (Å²) in [4.78, 5) is 12.7. The van der Waals surface area contributed by atoms with Crippen LogP contribution in [-0.4, -0.2) is 35.4 Å². The molecule has 0 atom stereocenters. The van der Waals surface area contributed by atoms with Crippen LogP contribution in [0.3, 0.4) is 0 Å². The highest BCUT2D eigenvalue weighted by Crippen LogP contribution is 2.29. The minimum Gasteiger partial charge on any atom is -0.305 e. The predicted octanol–water partition coefficient (Wildman–Crippen LogP) is 3.82. The average molecular weight is 496 g/mol. The van der Waals surface area contributed by atoms with Crippen LogP contribution in [0.5, 0.6) is 0 Å². The van der Waals surface area contributed by atoms with Crippen LogP contribution < -0.4 is 5.32 Å². The summed E-state index contributed by atoms with van der Waals surface area (Å²) in [6.07, 6.45) is 0.474. The molecule has 1 aromatic heterocycles. The highest BCUT2D eigenvalue weighted by atomic mass is 79.9. The molecule has 10 heteroatoms. The van der Waals surface area contributed by atoms with Gasteiger partial charge in [0.2, 0.25) is 10.0 Å². The number of fused-ring (bicyclic) bond motifs is 1. The van der Waals surface area contributed by atoms with Crippen LogP contribution >= 0.6 is 27.5 Å². The number of anilines is 1. The fourth-order valence-electron chi connectivity index (χ4n) is 3.14. The average Bonchev–Trinajstić information content (AvgIpc) is 3.10. The Kier molecular flexibility index (Phi) is 5.48. The van der Waals surface area contributed by atoms with Crippen molar-refractivity contribution in [2.24, 2.45) is 0 Å². The molecule has 4 rings (SSSR count). The second-order valence-electron chi connectivity index (χ2n) is 6.54. The zero-order valence-corrected chi connectivity index (χ0v) is 18.2. The van der Waals surface area contributed by atoms with Crippen LogP contribution in [0.25, 0.3) is 0 Å². The van der Waals surface area contributed by atoms with Gasteiger partial charge in [-0.1, -0.05) is 33.6 Å². The molecule has 0 spiro atoms. The van der Waals surface area contributed by atoms with Gasteiger partial charge in [-0.2, -0.15) is 9.40 Å². The number of aromatic amines is 1. The number of benzene rings is 2. The molecule has 0 unspecified atom stereocenters. The molecule has 150 valence electrons. The van der Waals surface area contributed by atoms with Crippen LogP contribution in [0.2, 0.25) is 5.02 Å². The Labute approximate surface area is 181 Å². The lowest BCUT2D eigenvalue weighted by molar-refractivity contribution is 0.102. The molecule has 1 amide bonds. The summed E-state index contributed by atoms with van der Waals surface area (Å²) < 4.78 is 28.1. The van der Waals surface area contributed by atoms with Crippen LogP contribution in [0.4, 0.5) is 5.82 Å². The quantitative estimate of drug-likeness (QED) is 0.575. The second kappa shape index (κ2) is 7.91. The maximum atomic E-state index is 13.0. The third kappa shape index (κ3) is 4.09. The van der Waals surface area contributed by atoms with Gasteiger partial charge in [0.15, 0.2) is 5.82 Å². The fourth-order valence-corrected chi connectivity index (χ4v) is 5.08. The van der Waals surface area contributed by atoms with Gasteiger partial charge in [0.25, 0.3) is 5.91 Å². The first-order chi connectivity index (χ1) is 13.8. The number of hydrogen-bond acceptors (Lipinski definition) is 4. The largest absolute Gasteiger partial charge is 0.305 e. The molecule has 0 aliphatic carbocycles. The number of hydrogen-bond donors (Lipinski definition) is 2. The third-order valence-electron chi connectivity index (χ3n) is 4.67. The number of aromatic nitrogens is 2. The molecular formula is C19H16BrClN4O3S. The summed E-state index contributed by atoms with van der Waals surface area (Å²) in [5.41, 5.74) is 1.95. The summed E-state index contributed by atoms with van der Waals surface area (Å²) in [6, 6.07) is 13.0. The molecule has 2 N–H and O–H groups in total. The molecule has 3 aromatic rings. The molecule has 2 aromatic carbocycles. The molecule has 0 saturated carbocycles. The van der Waals surface area contributed by atoms with Crippen LogP contribution in [-0.2, 0) is 23.0 Å². The van der Waals surface area contributed by atoms with Crippen molar-refractivity contribution in [3.05, 3.63) is 74.8 Å². The minimum absolute atomic E-state index is 0.116. The minimum atomic E-state index is -3.69. The van der Waals surface area contributed by atoms with E-state index in [-0.39, 0.29) is 17.3 Å². The zero-order chi connectivity index (χ0) is 20.6. The van der Waals surface area contributed by atoms with E-state index in [1.54, 1.807) is 30.3 Å². The summed E-state index contributed by atoms with van der Waals surface area (Å²) in [6.45, 7) is 0.435. The Bertz CT molecular complexity index is 1180. The number of carbonyl (C=O) groups excluding carboxylic acids is 1. The Hall–Kier alpha value is -2.20. The van der Waals surface area contributed by atoms with Crippen molar-refractivity contribution in [2.75, 3.05) is 11.9 Å². The van der Waals surface area contributed by atoms with Crippen LogP contribution in [0, 0.1) is 0 Å². The maximum absolute atomic E-state index is 13.0. The molecule has 1 aliphatic heterocycles. The van der Waals surface area contributed by atoms with Crippen molar-refractivity contribution in [3.8, 4) is 0 Å². The Morgan fingerprint density at radius 2 is 1.97 bits per heavy atom. The van der Waals surface area contributed by atoms with E-state index in [4.69, 9.17) is 11.6 Å². The third-order valence-corrected chi connectivity index (χ3v) is 7.27. The van der Waals surface area contributed by atoms with E-state index in [0.29, 0.717) is 34.9 Å². The predicted molar refractivity (Wildman–Crippen MR) is 113 cm³/mol. The SMILES string of the molecule is O=C(Nc1n[nH]c2c1CN(S(=O)(=O)c1ccc(Cl)cc1)CC2)c1cccc(Br)c1. The fraction of sp³-hybridized carbons (Fsp3) is 0.158. The number of halogens is 2. The van der Waals surface area contributed by atoms with Gasteiger partial charge >= 0.3 is 0 Å². The monoisotopic (exact) mass is 494 g/mol. The first-order valence-corrected chi connectivity index (χ1v) is 11.3. The zero-order valence-electron chi connectivity index (χ0n) is 15.0. The van der Waals surface area contributed by atoms with E-state index in [1.165, 1.54) is 16.4 Å². The lowest BCUT2D eigenvalue weighted by Crippen LogP contribution is -2.36. The molecule has 29 heavy (non-hydrogen) atoms. The summed E-state index contributed by atoms with van der Waals surface area (Å²) in [5, 5.41) is 10.3. The molecule has 0 radical (unpaired) electrons. The second-order valence-corrected chi connectivity index (χ2v) is 9.83. The number of carbonyl (C=O) groups is 1. The standard InChI is InChI=1S/C19H16BrClN4O3S/c20-13-3-1-2-12(10-13)19(26)22-18-16-11-25(9-8-17(16)23-24-18)29(27,28)15-6-4-14(21)5-7-15/h1-7,10H,8-9,11H2,(H2,22,23,24,26). The number of nitrogens with zero attached hydrogens (tertiary/aromatic N) is 2. The van der Waals surface area contributed by atoms with Gasteiger partial charge in [0, 0.05) is 45.8 Å². The first-order valence-electron chi connectivity index (χ1n) is 8.73. The smallest absolute Gasteiger partial charge is 0.256 e. The summed E-state index contributed by atoms with van der Waals surface area (Å²) >= 11 is 9.21. The van der Waals surface area contributed by atoms with E-state index >= 15 is 0 Å². The highest BCUT2D eigenvalue weighted by Gasteiger charge is 2.31. The number of sulfonamides is 1. The number of rotatable bonds is 4. The van der Waals surface area contributed by atoms with E-state index in [1.807, 2.05) is 6.07 Å². The molecule has 7 nitrogen and oxygen atoms in total. The normalized spacial score (nSPS) is 14.4. The van der Waals surface area contributed by atoms with E-state index < -0.39 is 10.0 Å². The summed E-state index contributed by atoms with van der Waals surface area (Å²) in [5.74, 6) is 0.0132. The highest BCUT2D eigenvalue weighted by molar-refractivity contribution is 9.10. The van der Waals surface area contributed by atoms with Gasteiger partial charge in [-0.05, 0) is 42.5 Å². The molecule has 1 aliphatic rings. The van der Waals surface area contributed by atoms with E-state index in [0.717, 1.165) is 10.2 Å². The van der Waals surface area contributed by atoms with Crippen molar-refractivity contribution in [1.82, 2.24) is 14.5 Å². The van der Waals surface area contributed by atoms with E-state index in [9.17, 15) is 13.2 Å². The topological polar surface area (TPSA) is 95.2 Å². The number of amides is 1. The van der Waals surface area contributed by atoms with Crippen LogP contribution in [0.15, 0.2) is 57.9 Å². The van der Waals surface area contributed by atoms with Gasteiger partial charge < -0.3 is 5.32 Å². The summed E-state index contributed by atoms with van der Waals surface area (Å²) in [7, 11) is -3.69. The Morgan fingerprint density at radius 1 is 1.21 bits per heavy atom. The number of H-pyrrole nitrogens is 1. The van der Waals surface area contributed by atoms with Crippen molar-refractivity contribution in [1.29, 1.82) is 0 Å². The van der Waals surface area contributed by atoms with Gasteiger partial charge in [-0.25, -0.2) is 8.42 Å². The molecule has 0 saturated heterocycles. The Morgan fingerprint density at radius 3 is 2.69 bits per heavy atom. The van der Waals surface area contributed by atoms with Gasteiger partial charge in [0.1, 0.15) is 0 Å². The molecular weight excluding hydrogens is 480 g/mol. The van der Waals surface area contributed by atoms with Crippen LogP contribution in [0.1, 0.15) is 21.6 Å². The van der Waals surface area contributed by atoms with Gasteiger partial charge in [0.05, 0.1) is 4.90 Å². The number of nitrogens with one attached hydrogen (secondary N) is 2. The van der Waals surface area contributed by atoms with E-state index in [2.05, 4.69) is 31.4 Å². The van der Waals surface area contributed by atoms with Crippen molar-refractivity contribution < 1.29 is 13.2 Å². The maximum Gasteiger partial charge on any atom is 0.256 e. The molecule has 0 bridgehead atoms. The lowest BCUT2D eigenvalue weighted by atomic mass is 10.1. The Balaban J connectivity index is 1.57. The van der Waals surface area contributed by atoms with Gasteiger partial charge in [-0.3, -0.25) is 9.89 Å². The molecule has 2 heterocycles. The van der Waals surface area contributed by atoms with Crippen molar-refractivity contribution in [2.45, 2.75) is 17.9 Å². The van der Waals surface area contributed by atoms with Crippen molar-refractivity contribution in [3.63, 3.8) is 0 Å². The van der Waals surface area contributed by atoms with Gasteiger partial charge in [-0.15, -0.1) is 0 Å². The molecule has 0 fully saturated rings. The first kappa shape index (κ1) is 20.1. The van der Waals surface area contributed by atoms with Crippen molar-refractivity contribution >= 4 is 49.3 Å².